The number of rotatable bonds is 4. The van der Waals surface area contributed by atoms with Crippen LogP contribution >= 0.6 is 11.6 Å². The minimum atomic E-state index is -0.482. The molecule has 7 nitrogen and oxygen atoms in total. The fourth-order valence-corrected chi connectivity index (χ4v) is 4.77. The molecule has 9 heteroatoms. The van der Waals surface area contributed by atoms with Gasteiger partial charge in [-0.05, 0) is 26.4 Å². The summed E-state index contributed by atoms with van der Waals surface area (Å²) in [5.74, 6) is 0.396. The molecule has 28 heavy (non-hydrogen) atoms. The van der Waals surface area contributed by atoms with Crippen LogP contribution in [0.5, 0.6) is 6.01 Å². The highest BCUT2D eigenvalue weighted by atomic mass is 35.5. The Morgan fingerprint density at radius 1 is 1.32 bits per heavy atom. The number of likely N-dealkylation sites (tertiary alicyclic amines) is 1. The summed E-state index contributed by atoms with van der Waals surface area (Å²) in [5, 5.41) is 0.574. The molecular weight excluding hydrogens is 385 g/mol. The molecule has 0 N–H and O–H groups in total. The first-order valence-electron chi connectivity index (χ1n) is 9.76. The number of hydrogen-bond donors (Lipinski definition) is 0. The Hall–Kier alpha value is -1.77. The SMILES string of the molecule is CN1CCC[C@H]1COc1nc(N2CCOC[C@@H]3[C@@H](Cl)[C@@H]32)c2cncc(F)c2n1. The highest BCUT2D eigenvalue weighted by molar-refractivity contribution is 6.24. The standard InChI is InChI=1S/C19H23ClFN5O2/c1-25-4-2-3-11(25)9-28-19-23-16-12(7-22-8-14(16)21)18(24-19)26-5-6-27-10-13-15(20)17(13)26/h7-8,11,13,15,17H,2-6,9-10H2,1H3/t11-,13+,15+,17+/m0/s1. The molecule has 1 aliphatic carbocycles. The Labute approximate surface area is 167 Å². The van der Waals surface area contributed by atoms with Crippen LogP contribution in [0.15, 0.2) is 12.4 Å². The van der Waals surface area contributed by atoms with Crippen molar-refractivity contribution in [2.45, 2.75) is 30.3 Å². The molecule has 2 aromatic heterocycles. The summed E-state index contributed by atoms with van der Waals surface area (Å²) in [6.45, 7) is 3.40. The van der Waals surface area contributed by atoms with E-state index in [-0.39, 0.29) is 28.9 Å². The zero-order valence-electron chi connectivity index (χ0n) is 15.7. The van der Waals surface area contributed by atoms with Crippen molar-refractivity contribution in [3.63, 3.8) is 0 Å². The molecule has 0 unspecified atom stereocenters. The lowest BCUT2D eigenvalue weighted by atomic mass is 10.2. The van der Waals surface area contributed by atoms with Gasteiger partial charge in [-0.25, -0.2) is 4.39 Å². The van der Waals surface area contributed by atoms with E-state index < -0.39 is 5.82 Å². The van der Waals surface area contributed by atoms with E-state index >= 15 is 0 Å². The molecule has 0 aromatic carbocycles. The molecule has 2 saturated heterocycles. The van der Waals surface area contributed by atoms with Gasteiger partial charge < -0.3 is 19.3 Å². The van der Waals surface area contributed by atoms with Crippen molar-refractivity contribution in [3.8, 4) is 6.01 Å². The summed E-state index contributed by atoms with van der Waals surface area (Å²) >= 11 is 6.47. The quantitative estimate of drug-likeness (QED) is 0.719. The molecule has 2 aliphatic heterocycles. The van der Waals surface area contributed by atoms with E-state index in [4.69, 9.17) is 21.1 Å². The lowest BCUT2D eigenvalue weighted by molar-refractivity contribution is 0.139. The van der Waals surface area contributed by atoms with E-state index in [9.17, 15) is 4.39 Å². The van der Waals surface area contributed by atoms with Crippen molar-refractivity contribution in [2.75, 3.05) is 44.9 Å². The van der Waals surface area contributed by atoms with Gasteiger partial charge >= 0.3 is 6.01 Å². The lowest BCUT2D eigenvalue weighted by Crippen LogP contribution is -2.32. The molecule has 0 spiro atoms. The Morgan fingerprint density at radius 3 is 3.04 bits per heavy atom. The molecule has 3 aliphatic rings. The maximum atomic E-state index is 14.5. The molecule has 2 aromatic rings. The maximum Gasteiger partial charge on any atom is 0.319 e. The van der Waals surface area contributed by atoms with Gasteiger partial charge in [-0.3, -0.25) is 4.98 Å². The summed E-state index contributed by atoms with van der Waals surface area (Å²) < 4.78 is 26.1. The van der Waals surface area contributed by atoms with E-state index in [0.29, 0.717) is 43.6 Å². The average Bonchev–Trinajstić information content (AvgIpc) is 3.23. The molecule has 0 radical (unpaired) electrons. The van der Waals surface area contributed by atoms with Gasteiger partial charge in [-0.2, -0.15) is 9.97 Å². The van der Waals surface area contributed by atoms with Crippen LogP contribution in [-0.2, 0) is 4.74 Å². The normalized spacial score (nSPS) is 30.3. The van der Waals surface area contributed by atoms with Crippen LogP contribution in [0.25, 0.3) is 10.9 Å². The van der Waals surface area contributed by atoms with Gasteiger partial charge in [-0.1, -0.05) is 0 Å². The number of ether oxygens (including phenoxy) is 2. The average molecular weight is 408 g/mol. The third-order valence-corrected chi connectivity index (χ3v) is 6.63. The number of alkyl halides is 1. The summed E-state index contributed by atoms with van der Waals surface area (Å²) in [7, 11) is 2.09. The number of fused-ring (bicyclic) bond motifs is 2. The zero-order chi connectivity index (χ0) is 19.3. The highest BCUT2D eigenvalue weighted by Gasteiger charge is 2.54. The highest BCUT2D eigenvalue weighted by Crippen LogP contribution is 2.45. The van der Waals surface area contributed by atoms with Crippen molar-refractivity contribution < 1.29 is 13.9 Å². The fraction of sp³-hybridized carbons (Fsp3) is 0.632. The number of likely N-dealkylation sites (N-methyl/N-ethyl adjacent to an activating group) is 1. The Kier molecular flexibility index (Phi) is 4.72. The second-order valence-corrected chi connectivity index (χ2v) is 8.31. The Morgan fingerprint density at radius 2 is 2.21 bits per heavy atom. The monoisotopic (exact) mass is 407 g/mol. The summed E-state index contributed by atoms with van der Waals surface area (Å²) in [6.07, 6.45) is 5.01. The zero-order valence-corrected chi connectivity index (χ0v) is 16.5. The van der Waals surface area contributed by atoms with Gasteiger partial charge in [0.05, 0.1) is 36.2 Å². The molecule has 150 valence electrons. The molecule has 1 saturated carbocycles. The van der Waals surface area contributed by atoms with Gasteiger partial charge in [0.1, 0.15) is 17.9 Å². The first-order valence-corrected chi connectivity index (χ1v) is 10.2. The van der Waals surface area contributed by atoms with Crippen molar-refractivity contribution in [1.29, 1.82) is 0 Å². The van der Waals surface area contributed by atoms with Crippen LogP contribution in [0, 0.1) is 11.7 Å². The molecule has 0 amide bonds. The van der Waals surface area contributed by atoms with Crippen LogP contribution in [0.3, 0.4) is 0 Å². The van der Waals surface area contributed by atoms with Gasteiger partial charge in [0, 0.05) is 24.7 Å². The Bertz CT molecular complexity index is 887. The van der Waals surface area contributed by atoms with E-state index in [2.05, 4.69) is 31.8 Å². The van der Waals surface area contributed by atoms with Gasteiger partial charge in [0.15, 0.2) is 5.82 Å². The number of aromatic nitrogens is 3. The second-order valence-electron chi connectivity index (χ2n) is 7.80. The van der Waals surface area contributed by atoms with Crippen molar-refractivity contribution in [1.82, 2.24) is 19.9 Å². The van der Waals surface area contributed by atoms with Gasteiger partial charge in [-0.15, -0.1) is 11.6 Å². The van der Waals surface area contributed by atoms with E-state index in [1.807, 2.05) is 0 Å². The topological polar surface area (TPSA) is 63.6 Å². The summed E-state index contributed by atoms with van der Waals surface area (Å²) in [5.41, 5.74) is 0.225. The molecular formula is C19H23ClFN5O2. The molecule has 5 rings (SSSR count). The van der Waals surface area contributed by atoms with Crippen LogP contribution < -0.4 is 9.64 Å². The van der Waals surface area contributed by atoms with E-state index in [0.717, 1.165) is 19.4 Å². The molecule has 3 fully saturated rings. The largest absolute Gasteiger partial charge is 0.462 e. The van der Waals surface area contributed by atoms with Gasteiger partial charge in [0.2, 0.25) is 0 Å². The first kappa shape index (κ1) is 18.3. The number of hydrogen-bond acceptors (Lipinski definition) is 7. The lowest BCUT2D eigenvalue weighted by Gasteiger charge is -2.25. The third kappa shape index (κ3) is 3.17. The summed E-state index contributed by atoms with van der Waals surface area (Å²) in [4.78, 5) is 17.4. The van der Waals surface area contributed by atoms with Crippen LogP contribution in [0.2, 0.25) is 0 Å². The van der Waals surface area contributed by atoms with Crippen LogP contribution in [-0.4, -0.2) is 77.3 Å². The fourth-order valence-electron chi connectivity index (χ4n) is 4.31. The minimum absolute atomic E-state index is 0.00309. The smallest absolute Gasteiger partial charge is 0.319 e. The van der Waals surface area contributed by atoms with Crippen molar-refractivity contribution in [3.05, 3.63) is 18.2 Å². The van der Waals surface area contributed by atoms with E-state index in [1.165, 1.54) is 6.20 Å². The first-order chi connectivity index (χ1) is 13.6. The number of pyridine rings is 1. The van der Waals surface area contributed by atoms with Crippen LogP contribution in [0.1, 0.15) is 12.8 Å². The number of halogens is 2. The Balaban J connectivity index is 1.50. The summed E-state index contributed by atoms with van der Waals surface area (Å²) in [6, 6.07) is 0.650. The van der Waals surface area contributed by atoms with E-state index in [1.54, 1.807) is 6.20 Å². The number of nitrogens with zero attached hydrogens (tertiary/aromatic N) is 5. The second kappa shape index (κ2) is 7.24. The van der Waals surface area contributed by atoms with Crippen molar-refractivity contribution in [2.24, 2.45) is 5.92 Å². The number of anilines is 1. The predicted octanol–water partition coefficient (Wildman–Crippen LogP) is 2.08. The maximum absolute atomic E-state index is 14.5. The molecule has 4 atom stereocenters. The minimum Gasteiger partial charge on any atom is -0.462 e. The van der Waals surface area contributed by atoms with Gasteiger partial charge in [0.25, 0.3) is 0 Å². The third-order valence-electron chi connectivity index (χ3n) is 6.05. The molecule has 0 bridgehead atoms. The predicted molar refractivity (Wildman–Crippen MR) is 104 cm³/mol. The van der Waals surface area contributed by atoms with Crippen molar-refractivity contribution >= 4 is 28.3 Å². The molecule has 4 heterocycles. The van der Waals surface area contributed by atoms with Crippen LogP contribution in [0.4, 0.5) is 10.2 Å².